The van der Waals surface area contributed by atoms with Crippen molar-refractivity contribution in [3.05, 3.63) is 106 Å². The molecule has 0 saturated heterocycles. The Hall–Kier alpha value is -3.01. The number of benzene rings is 3. The van der Waals surface area contributed by atoms with Crippen molar-refractivity contribution in [1.29, 1.82) is 0 Å². The SMILES string of the molecule is C=CCN1C(=O)c2ccccc2C1c1c(-c2ccc(Cl)cc2Cl)[nH]c2ccccc12. The lowest BCUT2D eigenvalue weighted by Crippen LogP contribution is -2.29. The highest BCUT2D eigenvalue weighted by molar-refractivity contribution is 6.36. The Balaban J connectivity index is 1.84. The molecule has 1 aliphatic heterocycles. The molecule has 1 aromatic heterocycles. The molecule has 0 saturated carbocycles. The van der Waals surface area contributed by atoms with E-state index in [-0.39, 0.29) is 11.9 Å². The number of carbonyl (C=O) groups excluding carboxylic acids is 1. The molecule has 0 radical (unpaired) electrons. The fourth-order valence-electron chi connectivity index (χ4n) is 4.36. The van der Waals surface area contributed by atoms with E-state index in [0.29, 0.717) is 16.6 Å². The number of hydrogen-bond donors (Lipinski definition) is 1. The minimum Gasteiger partial charge on any atom is -0.354 e. The van der Waals surface area contributed by atoms with Crippen molar-refractivity contribution in [3.63, 3.8) is 0 Å². The Kier molecular flexibility index (Phi) is 4.65. The van der Waals surface area contributed by atoms with Gasteiger partial charge in [-0.1, -0.05) is 65.7 Å². The molecule has 2 heterocycles. The summed E-state index contributed by atoms with van der Waals surface area (Å²) in [5.41, 5.74) is 5.46. The topological polar surface area (TPSA) is 36.1 Å². The van der Waals surface area contributed by atoms with Gasteiger partial charge in [0.2, 0.25) is 0 Å². The molecule has 1 amide bonds. The number of carbonyl (C=O) groups is 1. The van der Waals surface area contributed by atoms with Crippen LogP contribution in [0.1, 0.15) is 27.5 Å². The lowest BCUT2D eigenvalue weighted by molar-refractivity contribution is 0.0771. The first-order valence-corrected chi connectivity index (χ1v) is 10.4. The number of nitrogens with one attached hydrogen (secondary N) is 1. The first kappa shape index (κ1) is 19.0. The Morgan fingerprint density at radius 1 is 1.00 bits per heavy atom. The van der Waals surface area contributed by atoms with Crippen LogP contribution in [0.15, 0.2) is 79.4 Å². The zero-order valence-corrected chi connectivity index (χ0v) is 17.5. The predicted octanol–water partition coefficient (Wildman–Crippen LogP) is 6.87. The number of fused-ring (bicyclic) bond motifs is 2. The molecule has 148 valence electrons. The minimum absolute atomic E-state index is 0.00827. The smallest absolute Gasteiger partial charge is 0.255 e. The minimum atomic E-state index is -0.246. The maximum absolute atomic E-state index is 13.2. The van der Waals surface area contributed by atoms with E-state index in [4.69, 9.17) is 23.2 Å². The first-order chi connectivity index (χ1) is 14.6. The average Bonchev–Trinajstić information content (AvgIpc) is 3.24. The molecular weight excluding hydrogens is 415 g/mol. The first-order valence-electron chi connectivity index (χ1n) is 9.67. The lowest BCUT2D eigenvalue weighted by atomic mass is 9.93. The average molecular weight is 433 g/mol. The van der Waals surface area contributed by atoms with Crippen LogP contribution in [0.3, 0.4) is 0 Å². The molecule has 3 nitrogen and oxygen atoms in total. The quantitative estimate of drug-likeness (QED) is 0.350. The highest BCUT2D eigenvalue weighted by Gasteiger charge is 2.39. The number of amides is 1. The van der Waals surface area contributed by atoms with E-state index in [1.807, 2.05) is 59.5 Å². The second-order valence-electron chi connectivity index (χ2n) is 7.32. The summed E-state index contributed by atoms with van der Waals surface area (Å²) < 4.78 is 0. The predicted molar refractivity (Wildman–Crippen MR) is 123 cm³/mol. The fourth-order valence-corrected chi connectivity index (χ4v) is 4.86. The van der Waals surface area contributed by atoms with Gasteiger partial charge in [0, 0.05) is 39.2 Å². The van der Waals surface area contributed by atoms with Crippen molar-refractivity contribution in [3.8, 4) is 11.3 Å². The largest absolute Gasteiger partial charge is 0.354 e. The van der Waals surface area contributed by atoms with Crippen LogP contribution in [0, 0.1) is 0 Å². The maximum atomic E-state index is 13.2. The third kappa shape index (κ3) is 2.85. The van der Waals surface area contributed by atoms with E-state index in [9.17, 15) is 4.79 Å². The number of halogens is 2. The monoisotopic (exact) mass is 432 g/mol. The number of aromatic nitrogens is 1. The molecule has 1 atom stereocenters. The van der Waals surface area contributed by atoms with Crippen LogP contribution in [0.25, 0.3) is 22.2 Å². The highest BCUT2D eigenvalue weighted by Crippen LogP contribution is 2.46. The Labute approximate surface area is 184 Å². The van der Waals surface area contributed by atoms with E-state index in [1.165, 1.54) is 0 Å². The van der Waals surface area contributed by atoms with Crippen LogP contribution >= 0.6 is 23.2 Å². The van der Waals surface area contributed by atoms with Crippen LogP contribution in [0.5, 0.6) is 0 Å². The number of H-pyrrole nitrogens is 1. The van der Waals surface area contributed by atoms with Gasteiger partial charge in [-0.3, -0.25) is 4.79 Å². The van der Waals surface area contributed by atoms with Gasteiger partial charge >= 0.3 is 0 Å². The van der Waals surface area contributed by atoms with Crippen LogP contribution in [-0.4, -0.2) is 22.3 Å². The molecule has 30 heavy (non-hydrogen) atoms. The van der Waals surface area contributed by atoms with Gasteiger partial charge in [-0.2, -0.15) is 0 Å². The van der Waals surface area contributed by atoms with E-state index in [1.54, 1.807) is 12.1 Å². The summed E-state index contributed by atoms with van der Waals surface area (Å²) in [6, 6.07) is 21.1. The van der Waals surface area contributed by atoms with Crippen molar-refractivity contribution in [2.75, 3.05) is 6.54 Å². The van der Waals surface area contributed by atoms with Gasteiger partial charge in [0.25, 0.3) is 5.91 Å². The molecular formula is C25H18Cl2N2O. The van der Waals surface area contributed by atoms with E-state index in [0.717, 1.165) is 38.9 Å². The Bertz CT molecular complexity index is 1310. The molecule has 5 rings (SSSR count). The summed E-state index contributed by atoms with van der Waals surface area (Å²) in [6.07, 6.45) is 1.76. The van der Waals surface area contributed by atoms with Gasteiger partial charge < -0.3 is 9.88 Å². The van der Waals surface area contributed by atoms with Gasteiger partial charge in [0.05, 0.1) is 16.8 Å². The summed E-state index contributed by atoms with van der Waals surface area (Å²) >= 11 is 12.7. The van der Waals surface area contributed by atoms with Gasteiger partial charge in [-0.05, 0) is 35.9 Å². The zero-order valence-electron chi connectivity index (χ0n) is 16.0. The molecule has 0 bridgehead atoms. The van der Waals surface area contributed by atoms with Gasteiger partial charge in [0.1, 0.15) is 0 Å². The lowest BCUT2D eigenvalue weighted by Gasteiger charge is -2.25. The molecule has 0 fully saturated rings. The van der Waals surface area contributed by atoms with Crippen LogP contribution in [-0.2, 0) is 0 Å². The third-order valence-electron chi connectivity index (χ3n) is 5.60. The molecule has 1 N–H and O–H groups in total. The second-order valence-corrected chi connectivity index (χ2v) is 8.16. The Morgan fingerprint density at radius 2 is 1.77 bits per heavy atom. The van der Waals surface area contributed by atoms with Crippen LogP contribution in [0.2, 0.25) is 10.0 Å². The second kappa shape index (κ2) is 7.35. The molecule has 4 aromatic rings. The van der Waals surface area contributed by atoms with Gasteiger partial charge in [-0.25, -0.2) is 0 Å². The highest BCUT2D eigenvalue weighted by atomic mass is 35.5. The fraction of sp³-hybridized carbons (Fsp3) is 0.0800. The standard InChI is InChI=1S/C25H18Cl2N2O/c1-2-13-29-24(16-7-3-4-8-17(16)25(29)30)22-19-9-5-6-10-21(19)28-23(22)18-12-11-15(26)14-20(18)27/h2-12,14,24,28H,1,13H2. The number of nitrogens with zero attached hydrogens (tertiary/aromatic N) is 1. The summed E-state index contributed by atoms with van der Waals surface area (Å²) in [6.45, 7) is 4.32. The summed E-state index contributed by atoms with van der Waals surface area (Å²) in [5, 5.41) is 2.20. The number of hydrogen-bond acceptors (Lipinski definition) is 1. The van der Waals surface area contributed by atoms with Crippen molar-refractivity contribution in [1.82, 2.24) is 9.88 Å². The normalized spacial score (nSPS) is 15.6. The van der Waals surface area contributed by atoms with E-state index < -0.39 is 0 Å². The number of rotatable bonds is 4. The molecule has 1 aliphatic rings. The number of para-hydroxylation sites is 1. The van der Waals surface area contributed by atoms with Crippen molar-refractivity contribution >= 4 is 40.0 Å². The summed E-state index contributed by atoms with van der Waals surface area (Å²) in [7, 11) is 0. The number of aromatic amines is 1. The van der Waals surface area contributed by atoms with Crippen molar-refractivity contribution in [2.45, 2.75) is 6.04 Å². The van der Waals surface area contributed by atoms with E-state index >= 15 is 0 Å². The molecule has 0 aliphatic carbocycles. The Morgan fingerprint density at radius 3 is 2.57 bits per heavy atom. The maximum Gasteiger partial charge on any atom is 0.255 e. The zero-order chi connectivity index (χ0) is 20.8. The molecule has 3 aromatic carbocycles. The van der Waals surface area contributed by atoms with Gasteiger partial charge in [-0.15, -0.1) is 6.58 Å². The van der Waals surface area contributed by atoms with Crippen molar-refractivity contribution in [2.24, 2.45) is 0 Å². The summed E-state index contributed by atoms with van der Waals surface area (Å²) in [4.78, 5) is 18.6. The molecule has 1 unspecified atom stereocenters. The molecule has 5 heteroatoms. The van der Waals surface area contributed by atoms with Crippen molar-refractivity contribution < 1.29 is 4.79 Å². The third-order valence-corrected chi connectivity index (χ3v) is 6.15. The van der Waals surface area contributed by atoms with Gasteiger partial charge in [0.15, 0.2) is 0 Å². The summed E-state index contributed by atoms with van der Waals surface area (Å²) in [5.74, 6) is 0.00827. The molecule has 0 spiro atoms. The van der Waals surface area contributed by atoms with Crippen LogP contribution in [0.4, 0.5) is 0 Å². The van der Waals surface area contributed by atoms with Crippen LogP contribution < -0.4 is 0 Å². The van der Waals surface area contributed by atoms with E-state index in [2.05, 4.69) is 17.6 Å².